The zero-order valence-electron chi connectivity index (χ0n) is 14.8. The first-order chi connectivity index (χ1) is 11.9. The second-order valence-corrected chi connectivity index (χ2v) is 6.25. The van der Waals surface area contributed by atoms with E-state index in [1.807, 2.05) is 44.2 Å². The van der Waals surface area contributed by atoms with E-state index in [0.717, 1.165) is 22.1 Å². The lowest BCUT2D eigenvalue weighted by atomic mass is 9.99. The first-order valence-electron chi connectivity index (χ1n) is 8.25. The molecule has 3 aromatic rings. The molecular weight excluding hydrogens is 314 g/mol. The quantitative estimate of drug-likeness (QED) is 0.800. The lowest BCUT2D eigenvalue weighted by Gasteiger charge is -2.17. The Balaban J connectivity index is 2.39. The molecule has 1 heterocycles. The number of fused-ring (bicyclic) bond motifs is 1. The van der Waals surface area contributed by atoms with E-state index in [9.17, 15) is 9.59 Å². The lowest BCUT2D eigenvalue weighted by Crippen LogP contribution is -2.35. The Morgan fingerprint density at radius 1 is 1.12 bits per heavy atom. The van der Waals surface area contributed by atoms with Crippen molar-refractivity contribution in [3.63, 3.8) is 0 Å². The molecule has 0 aliphatic heterocycles. The van der Waals surface area contributed by atoms with E-state index in [4.69, 9.17) is 0 Å². The van der Waals surface area contributed by atoms with Crippen LogP contribution >= 0.6 is 0 Å². The van der Waals surface area contributed by atoms with Crippen molar-refractivity contribution in [2.75, 3.05) is 7.05 Å². The largest absolute Gasteiger partial charge is 0.357 e. The van der Waals surface area contributed by atoms with Gasteiger partial charge in [-0.25, -0.2) is 4.68 Å². The van der Waals surface area contributed by atoms with Crippen molar-refractivity contribution in [1.82, 2.24) is 15.1 Å². The molecule has 1 amide bonds. The van der Waals surface area contributed by atoms with Crippen molar-refractivity contribution in [3.05, 3.63) is 63.9 Å². The summed E-state index contributed by atoms with van der Waals surface area (Å²) < 4.78 is 1.28. The van der Waals surface area contributed by atoms with Gasteiger partial charge in [-0.05, 0) is 38.5 Å². The molecule has 0 bridgehead atoms. The zero-order chi connectivity index (χ0) is 18.1. The molecule has 128 valence electrons. The highest BCUT2D eigenvalue weighted by Gasteiger charge is 2.20. The molecule has 0 saturated carbocycles. The first-order valence-corrected chi connectivity index (χ1v) is 8.25. The van der Waals surface area contributed by atoms with E-state index < -0.39 is 6.04 Å². The molecule has 1 atom stereocenters. The number of carbonyl (C=O) groups is 1. The van der Waals surface area contributed by atoms with E-state index in [2.05, 4.69) is 16.5 Å². The lowest BCUT2D eigenvalue weighted by molar-refractivity contribution is -0.123. The van der Waals surface area contributed by atoms with Gasteiger partial charge in [-0.15, -0.1) is 0 Å². The van der Waals surface area contributed by atoms with Crippen molar-refractivity contribution in [2.24, 2.45) is 0 Å². The van der Waals surface area contributed by atoms with E-state index in [0.29, 0.717) is 11.1 Å². The third-order valence-corrected chi connectivity index (χ3v) is 4.47. The second-order valence-electron chi connectivity index (χ2n) is 6.25. The molecule has 0 spiro atoms. The van der Waals surface area contributed by atoms with Crippen LogP contribution in [0.15, 0.2) is 47.3 Å². The van der Waals surface area contributed by atoms with Crippen LogP contribution in [0.5, 0.6) is 0 Å². The standard InChI is InChI=1S/C20H21N3O2/c1-12-9-10-13(2)17(11-12)18-15-7-5-6-8-16(15)20(25)23(22-18)14(3)19(24)21-4/h5-11,14H,1-4H3,(H,21,24)/t14-/m1/s1. The van der Waals surface area contributed by atoms with Gasteiger partial charge in [0.2, 0.25) is 5.91 Å². The highest BCUT2D eigenvalue weighted by Crippen LogP contribution is 2.28. The maximum Gasteiger partial charge on any atom is 0.275 e. The zero-order valence-corrected chi connectivity index (χ0v) is 14.8. The Hall–Kier alpha value is -2.95. The number of rotatable bonds is 3. The molecule has 25 heavy (non-hydrogen) atoms. The Labute approximate surface area is 146 Å². The summed E-state index contributed by atoms with van der Waals surface area (Å²) in [5, 5.41) is 8.52. The number of hydrogen-bond donors (Lipinski definition) is 1. The van der Waals surface area contributed by atoms with Gasteiger partial charge in [0, 0.05) is 18.0 Å². The Bertz CT molecular complexity index is 1020. The summed E-state index contributed by atoms with van der Waals surface area (Å²) in [5.41, 5.74) is 3.60. The Morgan fingerprint density at radius 2 is 1.80 bits per heavy atom. The SMILES string of the molecule is CNC(=O)[C@@H](C)n1nc(-c2cc(C)ccc2C)c2ccccc2c1=O. The summed E-state index contributed by atoms with van der Waals surface area (Å²) in [6.45, 7) is 5.71. The molecule has 0 unspecified atom stereocenters. The highest BCUT2D eigenvalue weighted by molar-refractivity contribution is 5.94. The molecule has 0 aliphatic carbocycles. The predicted octanol–water partition coefficient (Wildman–Crippen LogP) is 2.99. The summed E-state index contributed by atoms with van der Waals surface area (Å²) in [4.78, 5) is 24.9. The average Bonchev–Trinajstić information content (AvgIpc) is 2.63. The van der Waals surface area contributed by atoms with Crippen molar-refractivity contribution >= 4 is 16.7 Å². The fourth-order valence-electron chi connectivity index (χ4n) is 2.98. The normalized spacial score (nSPS) is 12.2. The minimum absolute atomic E-state index is 0.253. The average molecular weight is 335 g/mol. The van der Waals surface area contributed by atoms with Gasteiger partial charge in [0.05, 0.1) is 11.1 Å². The molecule has 0 aliphatic rings. The van der Waals surface area contributed by atoms with Gasteiger partial charge in [0.1, 0.15) is 6.04 Å². The van der Waals surface area contributed by atoms with Crippen LogP contribution in [0.2, 0.25) is 0 Å². The van der Waals surface area contributed by atoms with Gasteiger partial charge in [-0.1, -0.05) is 35.9 Å². The van der Waals surface area contributed by atoms with Gasteiger partial charge in [0.15, 0.2) is 0 Å². The van der Waals surface area contributed by atoms with E-state index in [1.165, 1.54) is 4.68 Å². The molecule has 0 saturated heterocycles. The van der Waals surface area contributed by atoms with Crippen LogP contribution < -0.4 is 10.9 Å². The van der Waals surface area contributed by atoms with Crippen molar-refractivity contribution in [1.29, 1.82) is 0 Å². The number of amides is 1. The van der Waals surface area contributed by atoms with Crippen LogP contribution in [0.1, 0.15) is 24.1 Å². The van der Waals surface area contributed by atoms with Crippen LogP contribution in [-0.4, -0.2) is 22.7 Å². The van der Waals surface area contributed by atoms with E-state index in [1.54, 1.807) is 20.0 Å². The molecule has 2 aromatic carbocycles. The Kier molecular flexibility index (Phi) is 4.40. The number of carbonyl (C=O) groups excluding carboxylic acids is 1. The molecule has 5 heteroatoms. The predicted molar refractivity (Wildman–Crippen MR) is 99.7 cm³/mol. The molecule has 1 aromatic heterocycles. The number of aromatic nitrogens is 2. The maximum absolute atomic E-state index is 12.8. The van der Waals surface area contributed by atoms with Gasteiger partial charge >= 0.3 is 0 Å². The van der Waals surface area contributed by atoms with Crippen LogP contribution in [0, 0.1) is 13.8 Å². The minimum atomic E-state index is -0.689. The molecule has 1 N–H and O–H groups in total. The smallest absolute Gasteiger partial charge is 0.275 e. The molecular formula is C20H21N3O2. The second kappa shape index (κ2) is 6.51. The number of hydrogen-bond acceptors (Lipinski definition) is 3. The number of benzene rings is 2. The van der Waals surface area contributed by atoms with Crippen LogP contribution in [0.3, 0.4) is 0 Å². The van der Waals surface area contributed by atoms with E-state index >= 15 is 0 Å². The van der Waals surface area contributed by atoms with Gasteiger partial charge in [-0.2, -0.15) is 5.10 Å². The molecule has 0 fully saturated rings. The van der Waals surface area contributed by atoms with Gasteiger partial charge < -0.3 is 5.32 Å². The fraction of sp³-hybridized carbons (Fsp3) is 0.250. The summed E-state index contributed by atoms with van der Waals surface area (Å²) in [5.74, 6) is -0.253. The maximum atomic E-state index is 12.8. The Morgan fingerprint density at radius 3 is 2.48 bits per heavy atom. The topological polar surface area (TPSA) is 64.0 Å². The fourth-order valence-corrected chi connectivity index (χ4v) is 2.98. The first kappa shape index (κ1) is 16.9. The van der Waals surface area contributed by atoms with Crippen molar-refractivity contribution < 1.29 is 4.79 Å². The van der Waals surface area contributed by atoms with Crippen molar-refractivity contribution in [3.8, 4) is 11.3 Å². The van der Waals surface area contributed by atoms with E-state index in [-0.39, 0.29) is 11.5 Å². The monoisotopic (exact) mass is 335 g/mol. The van der Waals surface area contributed by atoms with Crippen LogP contribution in [0.25, 0.3) is 22.0 Å². The summed E-state index contributed by atoms with van der Waals surface area (Å²) in [6.07, 6.45) is 0. The highest BCUT2D eigenvalue weighted by atomic mass is 16.2. The van der Waals surface area contributed by atoms with Gasteiger partial charge in [-0.3, -0.25) is 9.59 Å². The summed E-state index contributed by atoms with van der Waals surface area (Å²) >= 11 is 0. The molecule has 5 nitrogen and oxygen atoms in total. The minimum Gasteiger partial charge on any atom is -0.357 e. The summed E-state index contributed by atoms with van der Waals surface area (Å²) in [6, 6.07) is 12.9. The number of aryl methyl sites for hydroxylation is 2. The third kappa shape index (κ3) is 2.93. The van der Waals surface area contributed by atoms with Crippen molar-refractivity contribution in [2.45, 2.75) is 26.8 Å². The third-order valence-electron chi connectivity index (χ3n) is 4.47. The molecule has 3 rings (SSSR count). The molecule has 0 radical (unpaired) electrons. The van der Waals surface area contributed by atoms with Crippen LogP contribution in [-0.2, 0) is 4.79 Å². The summed E-state index contributed by atoms with van der Waals surface area (Å²) in [7, 11) is 1.55. The van der Waals surface area contributed by atoms with Gasteiger partial charge in [0.25, 0.3) is 5.56 Å². The number of nitrogens with zero attached hydrogens (tertiary/aromatic N) is 2. The number of nitrogens with one attached hydrogen (secondary N) is 1. The van der Waals surface area contributed by atoms with Crippen LogP contribution in [0.4, 0.5) is 0 Å². The number of likely N-dealkylation sites (N-methyl/N-ethyl adjacent to an activating group) is 1.